The molecule has 0 fully saturated rings. The third-order valence-electron chi connectivity index (χ3n) is 2.70. The first-order valence-corrected chi connectivity index (χ1v) is 7.28. The zero-order chi connectivity index (χ0) is 16.6. The normalized spacial score (nSPS) is 12.4. The number of alkyl carbamates (subject to hydrolysis) is 1. The first kappa shape index (κ1) is 18.0. The molecule has 122 valence electrons. The third kappa shape index (κ3) is 7.08. The number of nitrogens with one attached hydrogen (secondary N) is 2. The number of anilines is 1. The molecule has 0 saturated carbocycles. The number of hydrogen-bond donors (Lipinski definition) is 3. The highest BCUT2D eigenvalue weighted by atomic mass is 16.6. The molecule has 0 aliphatic heterocycles. The van der Waals surface area contributed by atoms with Gasteiger partial charge in [0.05, 0.1) is 0 Å². The lowest BCUT2D eigenvalue weighted by Gasteiger charge is -2.23. The highest BCUT2D eigenvalue weighted by Gasteiger charge is 2.24. The lowest BCUT2D eigenvalue weighted by atomic mass is 10.1. The quantitative estimate of drug-likeness (QED) is 0.752. The van der Waals surface area contributed by atoms with Crippen LogP contribution in [0.1, 0.15) is 33.6 Å². The monoisotopic (exact) mass is 308 g/mol. The van der Waals surface area contributed by atoms with Crippen LogP contribution >= 0.6 is 0 Å². The molecule has 0 spiro atoms. The van der Waals surface area contributed by atoms with Gasteiger partial charge in [0.15, 0.2) is 0 Å². The summed E-state index contributed by atoms with van der Waals surface area (Å²) in [7, 11) is 0. The maximum atomic E-state index is 12.3. The zero-order valence-corrected chi connectivity index (χ0v) is 13.3. The van der Waals surface area contributed by atoms with E-state index in [1.807, 2.05) is 6.07 Å². The fraction of sp³-hybridized carbons (Fsp3) is 0.500. The molecule has 0 bridgehead atoms. The molecule has 1 rings (SSSR count). The molecule has 6 nitrogen and oxygen atoms in total. The van der Waals surface area contributed by atoms with Gasteiger partial charge in [0.1, 0.15) is 11.6 Å². The molecule has 0 heterocycles. The summed E-state index contributed by atoms with van der Waals surface area (Å²) in [6, 6.07) is 8.21. The summed E-state index contributed by atoms with van der Waals surface area (Å²) >= 11 is 0. The highest BCUT2D eigenvalue weighted by molar-refractivity contribution is 5.96. The van der Waals surface area contributed by atoms with Gasteiger partial charge in [0.2, 0.25) is 5.91 Å². The molecular weight excluding hydrogens is 284 g/mol. The van der Waals surface area contributed by atoms with Gasteiger partial charge < -0.3 is 20.5 Å². The number of benzene rings is 1. The van der Waals surface area contributed by atoms with Crippen LogP contribution in [0.5, 0.6) is 0 Å². The van der Waals surface area contributed by atoms with Crippen LogP contribution in [0, 0.1) is 0 Å². The average Bonchev–Trinajstić information content (AvgIpc) is 2.42. The van der Waals surface area contributed by atoms with E-state index in [1.165, 1.54) is 0 Å². The summed E-state index contributed by atoms with van der Waals surface area (Å²) in [5.41, 5.74) is 0.00844. The first-order chi connectivity index (χ1) is 10.3. The summed E-state index contributed by atoms with van der Waals surface area (Å²) in [4.78, 5) is 24.1. The predicted octanol–water partition coefficient (Wildman–Crippen LogP) is 2.29. The minimum absolute atomic E-state index is 0.0505. The van der Waals surface area contributed by atoms with Crippen LogP contribution in [-0.4, -0.2) is 35.4 Å². The number of ether oxygens (including phenoxy) is 1. The molecule has 1 atom stereocenters. The Labute approximate surface area is 130 Å². The molecule has 6 heteroatoms. The number of aliphatic hydroxyl groups excluding tert-OH is 1. The van der Waals surface area contributed by atoms with Gasteiger partial charge in [-0.2, -0.15) is 0 Å². The second-order valence-corrected chi connectivity index (χ2v) is 5.92. The molecule has 0 unspecified atom stereocenters. The van der Waals surface area contributed by atoms with Crippen molar-refractivity contribution in [1.29, 1.82) is 0 Å². The minimum atomic E-state index is -0.762. The van der Waals surface area contributed by atoms with E-state index < -0.39 is 17.7 Å². The SMILES string of the molecule is CC(C)(C)OC(=O)N[C@@H](CCCO)C(=O)Nc1ccccc1. The van der Waals surface area contributed by atoms with E-state index in [9.17, 15) is 9.59 Å². The summed E-state index contributed by atoms with van der Waals surface area (Å²) in [5.74, 6) is -0.342. The van der Waals surface area contributed by atoms with E-state index in [1.54, 1.807) is 45.0 Å². The van der Waals surface area contributed by atoms with Crippen LogP contribution in [0.3, 0.4) is 0 Å². The Morgan fingerprint density at radius 2 is 1.86 bits per heavy atom. The number of carbonyl (C=O) groups excluding carboxylic acids is 2. The number of hydrogen-bond acceptors (Lipinski definition) is 4. The van der Waals surface area contributed by atoms with E-state index in [-0.39, 0.29) is 12.5 Å². The fourth-order valence-corrected chi connectivity index (χ4v) is 1.76. The lowest BCUT2D eigenvalue weighted by Crippen LogP contribution is -2.45. The van der Waals surface area contributed by atoms with Gasteiger partial charge in [-0.25, -0.2) is 4.79 Å². The molecule has 0 saturated heterocycles. The maximum absolute atomic E-state index is 12.3. The van der Waals surface area contributed by atoms with Crippen molar-refractivity contribution in [1.82, 2.24) is 5.32 Å². The van der Waals surface area contributed by atoms with Gasteiger partial charge >= 0.3 is 6.09 Å². The van der Waals surface area contributed by atoms with E-state index in [4.69, 9.17) is 9.84 Å². The Morgan fingerprint density at radius 1 is 1.23 bits per heavy atom. The summed E-state index contributed by atoms with van der Waals surface area (Å²) < 4.78 is 5.16. The molecule has 22 heavy (non-hydrogen) atoms. The van der Waals surface area contributed by atoms with E-state index in [2.05, 4.69) is 10.6 Å². The number of aliphatic hydroxyl groups is 1. The minimum Gasteiger partial charge on any atom is -0.444 e. The Kier molecular flexibility index (Phi) is 6.85. The third-order valence-corrected chi connectivity index (χ3v) is 2.70. The Morgan fingerprint density at radius 3 is 2.41 bits per heavy atom. The molecule has 1 aromatic carbocycles. The van der Waals surface area contributed by atoms with Crippen molar-refractivity contribution in [2.45, 2.75) is 45.3 Å². The molecule has 0 radical (unpaired) electrons. The molecule has 0 aliphatic carbocycles. The lowest BCUT2D eigenvalue weighted by molar-refractivity contribution is -0.118. The van der Waals surface area contributed by atoms with Crippen molar-refractivity contribution in [2.24, 2.45) is 0 Å². The molecule has 3 N–H and O–H groups in total. The molecule has 2 amide bonds. The number of amides is 2. The Hall–Kier alpha value is -2.08. The summed E-state index contributed by atoms with van der Waals surface area (Å²) in [5, 5.41) is 14.2. The van der Waals surface area contributed by atoms with Gasteiger partial charge in [-0.1, -0.05) is 18.2 Å². The van der Waals surface area contributed by atoms with Crippen LogP contribution in [0.2, 0.25) is 0 Å². The van der Waals surface area contributed by atoms with Crippen LogP contribution in [0.15, 0.2) is 30.3 Å². The molecular formula is C16H24N2O4. The van der Waals surface area contributed by atoms with Gasteiger partial charge in [0.25, 0.3) is 0 Å². The van der Waals surface area contributed by atoms with Crippen LogP contribution < -0.4 is 10.6 Å². The van der Waals surface area contributed by atoms with Crippen molar-refractivity contribution in [3.63, 3.8) is 0 Å². The topological polar surface area (TPSA) is 87.7 Å². The van der Waals surface area contributed by atoms with E-state index >= 15 is 0 Å². The summed E-state index contributed by atoms with van der Waals surface area (Å²) in [6.45, 7) is 5.20. The van der Waals surface area contributed by atoms with Crippen molar-refractivity contribution in [3.05, 3.63) is 30.3 Å². The van der Waals surface area contributed by atoms with Gasteiger partial charge in [-0.15, -0.1) is 0 Å². The maximum Gasteiger partial charge on any atom is 0.408 e. The molecule has 0 aromatic heterocycles. The predicted molar refractivity (Wildman–Crippen MR) is 84.5 cm³/mol. The standard InChI is InChI=1S/C16H24N2O4/c1-16(2,3)22-15(21)18-13(10-7-11-19)14(20)17-12-8-5-4-6-9-12/h4-6,8-9,13,19H,7,10-11H2,1-3H3,(H,17,20)(H,18,21)/t13-/m0/s1. The van der Waals surface area contributed by atoms with Crippen molar-refractivity contribution < 1.29 is 19.4 Å². The summed E-state index contributed by atoms with van der Waals surface area (Å²) in [6.07, 6.45) is 0.0792. The van der Waals surface area contributed by atoms with E-state index in [0.29, 0.717) is 18.5 Å². The average molecular weight is 308 g/mol. The van der Waals surface area contributed by atoms with Gasteiger partial charge in [-0.3, -0.25) is 4.79 Å². The second kappa shape index (κ2) is 8.38. The largest absolute Gasteiger partial charge is 0.444 e. The van der Waals surface area contributed by atoms with Crippen molar-refractivity contribution >= 4 is 17.7 Å². The van der Waals surface area contributed by atoms with Gasteiger partial charge in [0, 0.05) is 12.3 Å². The zero-order valence-electron chi connectivity index (χ0n) is 13.3. The Balaban J connectivity index is 2.66. The van der Waals surface area contributed by atoms with Crippen molar-refractivity contribution in [2.75, 3.05) is 11.9 Å². The highest BCUT2D eigenvalue weighted by Crippen LogP contribution is 2.10. The van der Waals surface area contributed by atoms with Crippen LogP contribution in [-0.2, 0) is 9.53 Å². The first-order valence-electron chi connectivity index (χ1n) is 7.28. The number of para-hydroxylation sites is 1. The molecule has 0 aliphatic rings. The number of carbonyl (C=O) groups is 2. The van der Waals surface area contributed by atoms with Crippen LogP contribution in [0.4, 0.5) is 10.5 Å². The smallest absolute Gasteiger partial charge is 0.408 e. The van der Waals surface area contributed by atoms with Gasteiger partial charge in [-0.05, 0) is 45.7 Å². The second-order valence-electron chi connectivity index (χ2n) is 5.92. The molecule has 1 aromatic rings. The van der Waals surface area contributed by atoms with Crippen molar-refractivity contribution in [3.8, 4) is 0 Å². The Bertz CT molecular complexity index is 483. The number of rotatable bonds is 6. The van der Waals surface area contributed by atoms with E-state index in [0.717, 1.165) is 0 Å². The van der Waals surface area contributed by atoms with Crippen LogP contribution in [0.25, 0.3) is 0 Å². The fourth-order valence-electron chi connectivity index (χ4n) is 1.76.